The quantitative estimate of drug-likeness (QED) is 0.855. The van der Waals surface area contributed by atoms with Crippen LogP contribution in [0.15, 0.2) is 24.3 Å². The second kappa shape index (κ2) is 4.63. The van der Waals surface area contributed by atoms with Gasteiger partial charge in [-0.05, 0) is 61.0 Å². The second-order valence-corrected chi connectivity index (χ2v) is 7.51. The minimum Gasteiger partial charge on any atom is -0.330 e. The molecule has 2 aliphatic rings. The van der Waals surface area contributed by atoms with E-state index in [-0.39, 0.29) is 0 Å². The number of nitrogens with two attached hydrogens (primary N) is 1. The minimum absolute atomic E-state index is 0.337. The van der Waals surface area contributed by atoms with Crippen molar-refractivity contribution in [2.75, 3.05) is 6.54 Å². The van der Waals surface area contributed by atoms with Gasteiger partial charge in [0, 0.05) is 12.0 Å². The molecule has 0 bridgehead atoms. The first kappa shape index (κ1) is 13.2. The van der Waals surface area contributed by atoms with Crippen LogP contribution in [0.3, 0.4) is 0 Å². The van der Waals surface area contributed by atoms with Crippen LogP contribution in [0.2, 0.25) is 0 Å². The summed E-state index contributed by atoms with van der Waals surface area (Å²) < 4.78 is 0. The zero-order chi connectivity index (χ0) is 13.5. The van der Waals surface area contributed by atoms with Crippen LogP contribution in [0.1, 0.15) is 69.4 Å². The molecule has 1 aromatic carbocycles. The van der Waals surface area contributed by atoms with Crippen LogP contribution in [0.4, 0.5) is 0 Å². The van der Waals surface area contributed by atoms with E-state index < -0.39 is 0 Å². The normalized spacial score (nSPS) is 25.2. The van der Waals surface area contributed by atoms with Gasteiger partial charge in [0.25, 0.3) is 0 Å². The first-order valence-corrected chi connectivity index (χ1v) is 7.86. The maximum Gasteiger partial charge on any atom is 0.00790 e. The van der Waals surface area contributed by atoms with Crippen molar-refractivity contribution >= 4 is 0 Å². The Hall–Kier alpha value is -0.820. The van der Waals surface area contributed by atoms with E-state index in [1.165, 1.54) is 38.5 Å². The van der Waals surface area contributed by atoms with E-state index >= 15 is 0 Å². The summed E-state index contributed by atoms with van der Waals surface area (Å²) >= 11 is 0. The maximum atomic E-state index is 6.04. The van der Waals surface area contributed by atoms with Crippen molar-refractivity contribution in [3.63, 3.8) is 0 Å². The van der Waals surface area contributed by atoms with Crippen LogP contribution in [-0.2, 0) is 5.41 Å². The van der Waals surface area contributed by atoms with Crippen molar-refractivity contribution in [2.45, 2.75) is 63.7 Å². The van der Waals surface area contributed by atoms with E-state index in [0.717, 1.165) is 12.5 Å². The van der Waals surface area contributed by atoms with Crippen molar-refractivity contribution in [2.24, 2.45) is 11.1 Å². The Balaban J connectivity index is 1.86. The van der Waals surface area contributed by atoms with Crippen LogP contribution in [0, 0.1) is 5.41 Å². The van der Waals surface area contributed by atoms with Gasteiger partial charge in [-0.3, -0.25) is 0 Å². The van der Waals surface area contributed by atoms with E-state index in [1.807, 2.05) is 0 Å². The lowest BCUT2D eigenvalue weighted by Gasteiger charge is -2.36. The van der Waals surface area contributed by atoms with Gasteiger partial charge in [0.2, 0.25) is 0 Å². The zero-order valence-electron chi connectivity index (χ0n) is 12.4. The lowest BCUT2D eigenvalue weighted by Crippen LogP contribution is -2.25. The van der Waals surface area contributed by atoms with Crippen LogP contribution >= 0.6 is 0 Å². The largest absolute Gasteiger partial charge is 0.330 e. The predicted octanol–water partition coefficient (Wildman–Crippen LogP) is 4.36. The highest BCUT2D eigenvalue weighted by molar-refractivity contribution is 5.41. The second-order valence-electron chi connectivity index (χ2n) is 7.51. The molecule has 1 heteroatoms. The minimum atomic E-state index is 0.337. The number of hydrogen-bond acceptors (Lipinski definition) is 1. The summed E-state index contributed by atoms with van der Waals surface area (Å²) in [5.41, 5.74) is 10.1. The Bertz CT molecular complexity index is 447. The molecule has 0 heterocycles. The monoisotopic (exact) mass is 257 g/mol. The fraction of sp³-hybridized carbons (Fsp3) is 0.667. The first-order valence-electron chi connectivity index (χ1n) is 7.86. The topological polar surface area (TPSA) is 26.0 Å². The standard InChI is InChI=1S/C18H27N/c1-17(2)9-7-14(8-10-17)15-5-3-4-6-16(15)18(13-19)11-12-18/h3-6,14H,7-13,19H2,1-2H3. The molecular weight excluding hydrogens is 230 g/mol. The third-order valence-corrected chi connectivity index (χ3v) is 5.56. The van der Waals surface area contributed by atoms with Crippen LogP contribution < -0.4 is 5.73 Å². The van der Waals surface area contributed by atoms with E-state index in [9.17, 15) is 0 Å². The van der Waals surface area contributed by atoms with Crippen LogP contribution in [0.5, 0.6) is 0 Å². The number of hydrogen-bond donors (Lipinski definition) is 1. The molecule has 2 fully saturated rings. The summed E-state index contributed by atoms with van der Waals surface area (Å²) in [6, 6.07) is 9.12. The van der Waals surface area contributed by atoms with E-state index in [2.05, 4.69) is 38.1 Å². The average Bonchev–Trinajstić information content (AvgIpc) is 3.20. The predicted molar refractivity (Wildman–Crippen MR) is 81.4 cm³/mol. The fourth-order valence-corrected chi connectivity index (χ4v) is 3.78. The highest BCUT2D eigenvalue weighted by Crippen LogP contribution is 2.51. The number of rotatable bonds is 3. The van der Waals surface area contributed by atoms with Crippen molar-refractivity contribution in [1.29, 1.82) is 0 Å². The van der Waals surface area contributed by atoms with Gasteiger partial charge in [-0.15, -0.1) is 0 Å². The van der Waals surface area contributed by atoms with Gasteiger partial charge < -0.3 is 5.73 Å². The highest BCUT2D eigenvalue weighted by Gasteiger charge is 2.45. The third-order valence-electron chi connectivity index (χ3n) is 5.56. The van der Waals surface area contributed by atoms with E-state index in [1.54, 1.807) is 11.1 Å². The Morgan fingerprint density at radius 1 is 1.05 bits per heavy atom. The van der Waals surface area contributed by atoms with E-state index in [4.69, 9.17) is 5.73 Å². The molecule has 0 aromatic heterocycles. The number of benzene rings is 1. The molecule has 0 aliphatic heterocycles. The molecule has 0 atom stereocenters. The smallest absolute Gasteiger partial charge is 0.00790 e. The van der Waals surface area contributed by atoms with Gasteiger partial charge in [0.1, 0.15) is 0 Å². The van der Waals surface area contributed by atoms with Gasteiger partial charge in [-0.2, -0.15) is 0 Å². The lowest BCUT2D eigenvalue weighted by molar-refractivity contribution is 0.224. The Labute approximate surface area is 117 Å². The Morgan fingerprint density at radius 2 is 1.68 bits per heavy atom. The molecule has 1 nitrogen and oxygen atoms in total. The Kier molecular flexibility index (Phi) is 3.21. The van der Waals surface area contributed by atoms with Crippen molar-refractivity contribution < 1.29 is 0 Å². The molecule has 104 valence electrons. The first-order chi connectivity index (χ1) is 9.06. The molecule has 1 aromatic rings. The van der Waals surface area contributed by atoms with Crippen LogP contribution in [-0.4, -0.2) is 6.54 Å². The summed E-state index contributed by atoms with van der Waals surface area (Å²) in [6.07, 6.45) is 8.01. The maximum absolute atomic E-state index is 6.04. The molecule has 0 unspecified atom stereocenters. The fourth-order valence-electron chi connectivity index (χ4n) is 3.78. The summed E-state index contributed by atoms with van der Waals surface area (Å²) in [6.45, 7) is 5.65. The molecule has 2 aliphatic carbocycles. The summed E-state index contributed by atoms with van der Waals surface area (Å²) in [7, 11) is 0. The summed E-state index contributed by atoms with van der Waals surface area (Å²) in [5.74, 6) is 0.772. The zero-order valence-corrected chi connectivity index (χ0v) is 12.4. The van der Waals surface area contributed by atoms with Crippen molar-refractivity contribution in [3.05, 3.63) is 35.4 Å². The SMILES string of the molecule is CC1(C)CCC(c2ccccc2C2(CN)CC2)CC1. The third kappa shape index (κ3) is 2.45. The average molecular weight is 257 g/mol. The molecule has 2 N–H and O–H groups in total. The molecular formula is C18H27N. The van der Waals surface area contributed by atoms with Crippen molar-refractivity contribution in [3.8, 4) is 0 Å². The van der Waals surface area contributed by atoms with Crippen LogP contribution in [0.25, 0.3) is 0 Å². The summed E-state index contributed by atoms with van der Waals surface area (Å²) in [5, 5.41) is 0. The Morgan fingerprint density at radius 3 is 2.26 bits per heavy atom. The molecule has 0 spiro atoms. The van der Waals surface area contributed by atoms with Gasteiger partial charge in [0.15, 0.2) is 0 Å². The molecule has 19 heavy (non-hydrogen) atoms. The highest BCUT2D eigenvalue weighted by atomic mass is 14.7. The molecule has 0 saturated heterocycles. The molecule has 3 rings (SSSR count). The lowest BCUT2D eigenvalue weighted by atomic mass is 9.70. The van der Waals surface area contributed by atoms with E-state index in [0.29, 0.717) is 10.8 Å². The van der Waals surface area contributed by atoms with Gasteiger partial charge >= 0.3 is 0 Å². The van der Waals surface area contributed by atoms with Gasteiger partial charge in [0.05, 0.1) is 0 Å². The van der Waals surface area contributed by atoms with Gasteiger partial charge in [-0.1, -0.05) is 38.1 Å². The molecule has 2 saturated carbocycles. The molecule has 0 radical (unpaired) electrons. The summed E-state index contributed by atoms with van der Waals surface area (Å²) in [4.78, 5) is 0. The van der Waals surface area contributed by atoms with Gasteiger partial charge in [-0.25, -0.2) is 0 Å². The van der Waals surface area contributed by atoms with Crippen molar-refractivity contribution in [1.82, 2.24) is 0 Å². The molecule has 0 amide bonds.